The molecule has 2 N–H and O–H groups in total. The molecule has 8 nitrogen and oxygen atoms in total. The van der Waals surface area contributed by atoms with Gasteiger partial charge in [-0.2, -0.15) is 32.7 Å². The molecule has 2 aromatic heterocycles. The predicted octanol–water partition coefficient (Wildman–Crippen LogP) is 4.80. The van der Waals surface area contributed by atoms with E-state index in [4.69, 9.17) is 22.1 Å². The van der Waals surface area contributed by atoms with Crippen LogP contribution in [0.2, 0.25) is 5.02 Å². The first-order chi connectivity index (χ1) is 16.9. The van der Waals surface area contributed by atoms with Gasteiger partial charge in [-0.3, -0.25) is 9.59 Å². The molecular formula is C23H18BrClF3N5O3. The third kappa shape index (κ3) is 5.94. The normalized spacial score (nSPS) is 11.0. The van der Waals surface area contributed by atoms with Crippen LogP contribution in [0.25, 0.3) is 11.4 Å². The molecule has 0 amide bonds. The summed E-state index contributed by atoms with van der Waals surface area (Å²) in [5.74, 6) is 0.0555. The number of hydrogen-bond acceptors (Lipinski definition) is 6. The van der Waals surface area contributed by atoms with E-state index in [2.05, 4.69) is 26.1 Å². The molecule has 2 aromatic carbocycles. The highest BCUT2D eigenvalue weighted by atomic mass is 79.9. The zero-order chi connectivity index (χ0) is 26.6. The lowest BCUT2D eigenvalue weighted by Gasteiger charge is -2.10. The number of alkyl halides is 3. The third-order valence-corrected chi connectivity index (χ3v) is 5.86. The Morgan fingerprint density at radius 3 is 2.17 bits per heavy atom. The van der Waals surface area contributed by atoms with Gasteiger partial charge in [0.15, 0.2) is 10.8 Å². The Balaban J connectivity index is 0.000000205. The monoisotopic (exact) mass is 583 g/mol. The van der Waals surface area contributed by atoms with E-state index in [1.165, 1.54) is 30.1 Å². The minimum atomic E-state index is -4.50. The van der Waals surface area contributed by atoms with Crippen molar-refractivity contribution in [3.63, 3.8) is 0 Å². The van der Waals surface area contributed by atoms with Gasteiger partial charge < -0.3 is 10.5 Å². The quantitative estimate of drug-likeness (QED) is 0.371. The number of anilines is 1. The minimum Gasteiger partial charge on any atom is -0.493 e. The first-order valence-electron chi connectivity index (χ1n) is 10.0. The maximum Gasteiger partial charge on any atom is 0.416 e. The Labute approximate surface area is 215 Å². The van der Waals surface area contributed by atoms with Crippen molar-refractivity contribution in [2.75, 3.05) is 12.8 Å². The van der Waals surface area contributed by atoms with Gasteiger partial charge in [-0.15, -0.1) is 0 Å². The average molecular weight is 585 g/mol. The van der Waals surface area contributed by atoms with E-state index in [0.29, 0.717) is 10.2 Å². The van der Waals surface area contributed by atoms with Crippen molar-refractivity contribution in [1.82, 2.24) is 19.6 Å². The summed E-state index contributed by atoms with van der Waals surface area (Å²) in [7, 11) is 1.30. The number of hydrogen-bond donors (Lipinski definition) is 1. The van der Waals surface area contributed by atoms with Crippen molar-refractivity contribution in [3.05, 3.63) is 102 Å². The Morgan fingerprint density at radius 1 is 0.972 bits per heavy atom. The fraction of sp³-hybridized carbons (Fsp3) is 0.130. The molecular weight excluding hydrogens is 567 g/mol. The van der Waals surface area contributed by atoms with Crippen molar-refractivity contribution in [1.29, 1.82) is 0 Å². The van der Waals surface area contributed by atoms with Gasteiger partial charge in [-0.05, 0) is 58.7 Å². The van der Waals surface area contributed by atoms with Gasteiger partial charge in [0.1, 0.15) is 4.47 Å². The van der Waals surface area contributed by atoms with Gasteiger partial charge in [0.25, 0.3) is 11.1 Å². The van der Waals surface area contributed by atoms with E-state index >= 15 is 0 Å². The summed E-state index contributed by atoms with van der Waals surface area (Å²) < 4.78 is 45.1. The van der Waals surface area contributed by atoms with Crippen LogP contribution in [0, 0.1) is 6.92 Å². The predicted molar refractivity (Wildman–Crippen MR) is 133 cm³/mol. The highest BCUT2D eigenvalue weighted by Crippen LogP contribution is 2.30. The molecule has 2 heterocycles. The van der Waals surface area contributed by atoms with E-state index in [9.17, 15) is 22.8 Å². The van der Waals surface area contributed by atoms with Gasteiger partial charge in [0.2, 0.25) is 0 Å². The molecule has 4 rings (SSSR count). The van der Waals surface area contributed by atoms with Crippen LogP contribution in [-0.4, -0.2) is 26.7 Å². The second-order valence-electron chi connectivity index (χ2n) is 7.26. The van der Waals surface area contributed by atoms with Gasteiger partial charge in [0.05, 0.1) is 42.1 Å². The van der Waals surface area contributed by atoms with Crippen molar-refractivity contribution in [3.8, 4) is 17.1 Å². The number of methoxy groups -OCH3 is 1. The van der Waals surface area contributed by atoms with Crippen LogP contribution in [0.15, 0.2) is 75.0 Å². The number of ether oxygens (including phenoxy) is 1. The van der Waals surface area contributed by atoms with E-state index < -0.39 is 17.3 Å². The van der Waals surface area contributed by atoms with Gasteiger partial charge in [0, 0.05) is 0 Å². The third-order valence-electron chi connectivity index (χ3n) is 4.72. The summed E-state index contributed by atoms with van der Waals surface area (Å²) in [5.41, 5.74) is 5.78. The number of halogens is 5. The lowest BCUT2D eigenvalue weighted by atomic mass is 10.2. The zero-order valence-corrected chi connectivity index (χ0v) is 21.1. The standard InChI is InChI=1S/C12H8ClF3N2O2.C11H10BrN3O/c1-20-9-6-17-18(11(19)10(9)13)8-4-2-3-7(5-8)12(14,15)16;1-7-3-2-4-8(5-7)15-11(16)10(12)9(13)6-14-15/h2-6H,1H3;2-6H,13H2,1H3. The van der Waals surface area contributed by atoms with Crippen molar-refractivity contribution in [2.45, 2.75) is 13.1 Å². The summed E-state index contributed by atoms with van der Waals surface area (Å²) in [6, 6.07) is 11.8. The first-order valence-corrected chi connectivity index (χ1v) is 11.2. The van der Waals surface area contributed by atoms with E-state index in [1.807, 2.05) is 31.2 Å². The molecule has 0 saturated heterocycles. The molecule has 188 valence electrons. The summed E-state index contributed by atoms with van der Waals surface area (Å²) in [6.45, 7) is 1.96. The maximum absolute atomic E-state index is 12.6. The number of benzene rings is 2. The summed E-state index contributed by atoms with van der Waals surface area (Å²) >= 11 is 8.90. The van der Waals surface area contributed by atoms with Crippen molar-refractivity contribution in [2.24, 2.45) is 0 Å². The Kier molecular flexibility index (Phi) is 8.21. The lowest BCUT2D eigenvalue weighted by molar-refractivity contribution is -0.137. The number of aryl methyl sites for hydroxylation is 1. The van der Waals surface area contributed by atoms with Gasteiger partial charge >= 0.3 is 6.18 Å². The molecule has 4 aromatic rings. The summed E-state index contributed by atoms with van der Waals surface area (Å²) in [6.07, 6.45) is -1.90. The fourth-order valence-electron chi connectivity index (χ4n) is 2.95. The van der Waals surface area contributed by atoms with Gasteiger partial charge in [-0.1, -0.05) is 29.8 Å². The highest BCUT2D eigenvalue weighted by molar-refractivity contribution is 9.10. The molecule has 0 bridgehead atoms. The van der Waals surface area contributed by atoms with Crippen LogP contribution in [0.1, 0.15) is 11.1 Å². The van der Waals surface area contributed by atoms with Crippen LogP contribution >= 0.6 is 27.5 Å². The molecule has 0 radical (unpaired) electrons. The van der Waals surface area contributed by atoms with Crippen LogP contribution in [-0.2, 0) is 6.18 Å². The Hall–Kier alpha value is -3.64. The number of nitrogen functional groups attached to an aromatic ring is 1. The lowest BCUT2D eigenvalue weighted by Crippen LogP contribution is -2.22. The largest absolute Gasteiger partial charge is 0.493 e. The first kappa shape index (κ1) is 27.0. The van der Waals surface area contributed by atoms with E-state index in [0.717, 1.165) is 34.3 Å². The summed E-state index contributed by atoms with van der Waals surface area (Å²) in [4.78, 5) is 23.8. The Morgan fingerprint density at radius 2 is 1.56 bits per heavy atom. The summed E-state index contributed by atoms with van der Waals surface area (Å²) in [5, 5.41) is 7.48. The zero-order valence-electron chi connectivity index (χ0n) is 18.8. The molecule has 0 aliphatic carbocycles. The minimum absolute atomic E-state index is 0.0330. The Bertz CT molecular complexity index is 1520. The smallest absolute Gasteiger partial charge is 0.416 e. The number of aromatic nitrogens is 4. The molecule has 0 fully saturated rings. The molecule has 36 heavy (non-hydrogen) atoms. The molecule has 13 heteroatoms. The SMILES string of the molecule is COc1cnn(-c2cccc(C(F)(F)F)c2)c(=O)c1Cl.Cc1cccc(-n2ncc(N)c(Br)c2=O)c1. The second-order valence-corrected chi connectivity index (χ2v) is 8.43. The second kappa shape index (κ2) is 11.0. The van der Waals surface area contributed by atoms with E-state index in [1.54, 1.807) is 0 Å². The van der Waals surface area contributed by atoms with Crippen molar-refractivity contribution < 1.29 is 17.9 Å². The molecule has 0 aliphatic heterocycles. The number of nitrogens with zero attached hydrogens (tertiary/aromatic N) is 4. The van der Waals surface area contributed by atoms with Crippen LogP contribution in [0.4, 0.5) is 18.9 Å². The average Bonchev–Trinajstić information content (AvgIpc) is 2.84. The van der Waals surface area contributed by atoms with Crippen molar-refractivity contribution >= 4 is 33.2 Å². The molecule has 0 spiro atoms. The highest BCUT2D eigenvalue weighted by Gasteiger charge is 2.30. The topological polar surface area (TPSA) is 105 Å². The van der Waals surface area contributed by atoms with Crippen LogP contribution in [0.5, 0.6) is 5.75 Å². The molecule has 0 unspecified atom stereocenters. The molecule has 0 saturated carbocycles. The number of nitrogens with two attached hydrogens (primary N) is 1. The van der Waals surface area contributed by atoms with E-state index in [-0.39, 0.29) is 22.0 Å². The van der Waals surface area contributed by atoms with Crippen LogP contribution < -0.4 is 21.6 Å². The van der Waals surface area contributed by atoms with Crippen LogP contribution in [0.3, 0.4) is 0 Å². The fourth-order valence-corrected chi connectivity index (χ4v) is 3.42. The van der Waals surface area contributed by atoms with Gasteiger partial charge in [-0.25, -0.2) is 0 Å². The maximum atomic E-state index is 12.6. The molecule has 0 aliphatic rings. The molecule has 0 atom stereocenters. The number of rotatable bonds is 3.